The highest BCUT2D eigenvalue weighted by atomic mass is 32.1. The van der Waals surface area contributed by atoms with E-state index in [9.17, 15) is 4.79 Å². The summed E-state index contributed by atoms with van der Waals surface area (Å²) in [4.78, 5) is 16.6. The van der Waals surface area contributed by atoms with E-state index in [0.717, 1.165) is 21.5 Å². The molecule has 0 atom stereocenters. The standard InChI is InChI=1S/C20H22N2O3S/c1-12(2)16-7-5-15(9-13(16)3)25-11-19(23)22-20-21-17-8-6-14(24-4)10-18(17)26-20/h5-10,12H,11H2,1-4H3,(H,21,22,23). The molecule has 1 heterocycles. The second kappa shape index (κ2) is 7.74. The van der Waals surface area contributed by atoms with Crippen LogP contribution >= 0.6 is 11.3 Å². The van der Waals surface area contributed by atoms with Gasteiger partial charge < -0.3 is 9.47 Å². The van der Waals surface area contributed by atoms with Gasteiger partial charge in [-0.2, -0.15) is 0 Å². The topological polar surface area (TPSA) is 60.5 Å². The predicted octanol–water partition coefficient (Wildman–Crippen LogP) is 4.75. The van der Waals surface area contributed by atoms with E-state index in [0.29, 0.717) is 16.8 Å². The zero-order chi connectivity index (χ0) is 18.7. The first kappa shape index (κ1) is 18.2. The number of hydrogen-bond donors (Lipinski definition) is 1. The van der Waals surface area contributed by atoms with Crippen LogP contribution in [0.25, 0.3) is 10.2 Å². The fraction of sp³-hybridized carbons (Fsp3) is 0.300. The number of carbonyl (C=O) groups is 1. The summed E-state index contributed by atoms with van der Waals surface area (Å²) >= 11 is 1.41. The van der Waals surface area contributed by atoms with E-state index in [1.165, 1.54) is 16.9 Å². The maximum Gasteiger partial charge on any atom is 0.264 e. The van der Waals surface area contributed by atoms with Crippen molar-refractivity contribution in [3.8, 4) is 11.5 Å². The molecular formula is C20H22N2O3S. The molecule has 0 aliphatic rings. The molecule has 1 amide bonds. The van der Waals surface area contributed by atoms with Crippen molar-refractivity contribution in [3.63, 3.8) is 0 Å². The van der Waals surface area contributed by atoms with Crippen LogP contribution in [0.2, 0.25) is 0 Å². The molecule has 3 aromatic rings. The van der Waals surface area contributed by atoms with Crippen LogP contribution in [0.5, 0.6) is 11.5 Å². The van der Waals surface area contributed by atoms with Gasteiger partial charge in [0.05, 0.1) is 17.3 Å². The fourth-order valence-corrected chi connectivity index (χ4v) is 3.69. The third-order valence-electron chi connectivity index (χ3n) is 4.08. The summed E-state index contributed by atoms with van der Waals surface area (Å²) in [6.45, 7) is 6.31. The first-order valence-corrected chi connectivity index (χ1v) is 9.25. The third kappa shape index (κ3) is 4.14. The summed E-state index contributed by atoms with van der Waals surface area (Å²) in [6.07, 6.45) is 0. The van der Waals surface area contributed by atoms with E-state index >= 15 is 0 Å². The number of nitrogens with zero attached hydrogens (tertiary/aromatic N) is 1. The molecule has 0 fully saturated rings. The molecule has 0 unspecified atom stereocenters. The lowest BCUT2D eigenvalue weighted by atomic mass is 9.98. The molecule has 0 aliphatic heterocycles. The second-order valence-corrected chi connectivity index (χ2v) is 7.39. The number of fused-ring (bicyclic) bond motifs is 1. The summed E-state index contributed by atoms with van der Waals surface area (Å²) in [7, 11) is 1.62. The average Bonchev–Trinajstić information content (AvgIpc) is 3.00. The minimum absolute atomic E-state index is 0.0558. The number of hydrogen-bond acceptors (Lipinski definition) is 5. The van der Waals surface area contributed by atoms with Gasteiger partial charge in [-0.05, 0) is 54.3 Å². The van der Waals surface area contributed by atoms with Crippen molar-refractivity contribution in [1.82, 2.24) is 4.98 Å². The van der Waals surface area contributed by atoms with E-state index in [-0.39, 0.29) is 12.5 Å². The number of aromatic nitrogens is 1. The molecule has 2 aromatic carbocycles. The van der Waals surface area contributed by atoms with Crippen LogP contribution in [0.15, 0.2) is 36.4 Å². The summed E-state index contributed by atoms with van der Waals surface area (Å²) in [5, 5.41) is 3.34. The summed E-state index contributed by atoms with van der Waals surface area (Å²) < 4.78 is 11.8. The van der Waals surface area contributed by atoms with Gasteiger partial charge in [0, 0.05) is 0 Å². The molecule has 0 radical (unpaired) electrons. The van der Waals surface area contributed by atoms with Crippen LogP contribution in [-0.2, 0) is 4.79 Å². The largest absolute Gasteiger partial charge is 0.497 e. The van der Waals surface area contributed by atoms with Crippen LogP contribution in [0.3, 0.4) is 0 Å². The normalized spacial score (nSPS) is 11.0. The van der Waals surface area contributed by atoms with Crippen molar-refractivity contribution in [2.75, 3.05) is 19.0 Å². The summed E-state index contributed by atoms with van der Waals surface area (Å²) in [5.41, 5.74) is 3.27. The van der Waals surface area contributed by atoms with Crippen molar-refractivity contribution in [3.05, 3.63) is 47.5 Å². The highest BCUT2D eigenvalue weighted by Gasteiger charge is 2.10. The van der Waals surface area contributed by atoms with Gasteiger partial charge in [0.25, 0.3) is 5.91 Å². The van der Waals surface area contributed by atoms with E-state index in [2.05, 4.69) is 31.1 Å². The SMILES string of the molecule is COc1ccc2nc(NC(=O)COc3ccc(C(C)C)c(C)c3)sc2c1. The first-order chi connectivity index (χ1) is 12.5. The number of carbonyl (C=O) groups excluding carboxylic acids is 1. The number of benzene rings is 2. The minimum atomic E-state index is -0.235. The zero-order valence-electron chi connectivity index (χ0n) is 15.3. The molecule has 1 aromatic heterocycles. The number of ether oxygens (including phenoxy) is 2. The maximum absolute atomic E-state index is 12.2. The van der Waals surface area contributed by atoms with Crippen molar-refractivity contribution >= 4 is 32.6 Å². The van der Waals surface area contributed by atoms with Gasteiger partial charge >= 0.3 is 0 Å². The van der Waals surface area contributed by atoms with Crippen molar-refractivity contribution < 1.29 is 14.3 Å². The molecular weight excluding hydrogens is 348 g/mol. The number of rotatable bonds is 6. The average molecular weight is 370 g/mol. The molecule has 0 aliphatic carbocycles. The molecule has 0 bridgehead atoms. The lowest BCUT2D eigenvalue weighted by Crippen LogP contribution is -2.20. The highest BCUT2D eigenvalue weighted by molar-refractivity contribution is 7.22. The molecule has 0 saturated heterocycles. The number of amides is 1. The smallest absolute Gasteiger partial charge is 0.264 e. The molecule has 26 heavy (non-hydrogen) atoms. The molecule has 0 spiro atoms. The van der Waals surface area contributed by atoms with Crippen LogP contribution in [0.1, 0.15) is 30.9 Å². The molecule has 5 nitrogen and oxygen atoms in total. The quantitative estimate of drug-likeness (QED) is 0.680. The van der Waals surface area contributed by atoms with E-state index < -0.39 is 0 Å². The third-order valence-corrected chi connectivity index (χ3v) is 5.01. The van der Waals surface area contributed by atoms with Crippen LogP contribution in [0, 0.1) is 6.92 Å². The van der Waals surface area contributed by atoms with Crippen LogP contribution in [0.4, 0.5) is 5.13 Å². The summed E-state index contributed by atoms with van der Waals surface area (Å²) in [6, 6.07) is 11.5. The highest BCUT2D eigenvalue weighted by Crippen LogP contribution is 2.29. The molecule has 6 heteroatoms. The molecule has 0 saturated carbocycles. The van der Waals surface area contributed by atoms with Crippen LogP contribution < -0.4 is 14.8 Å². The van der Waals surface area contributed by atoms with Gasteiger partial charge in [0.15, 0.2) is 11.7 Å². The number of nitrogens with one attached hydrogen (secondary N) is 1. The van der Waals surface area contributed by atoms with Gasteiger partial charge in [-0.3, -0.25) is 10.1 Å². The van der Waals surface area contributed by atoms with Crippen molar-refractivity contribution in [2.45, 2.75) is 26.7 Å². The first-order valence-electron chi connectivity index (χ1n) is 8.44. The fourth-order valence-electron chi connectivity index (χ4n) is 2.78. The Hall–Kier alpha value is -2.60. The van der Waals surface area contributed by atoms with Gasteiger partial charge in [-0.1, -0.05) is 31.3 Å². The molecule has 136 valence electrons. The Balaban J connectivity index is 1.61. The van der Waals surface area contributed by atoms with Gasteiger partial charge in [-0.15, -0.1) is 0 Å². The number of thiazole rings is 1. The zero-order valence-corrected chi connectivity index (χ0v) is 16.1. The summed E-state index contributed by atoms with van der Waals surface area (Å²) in [5.74, 6) is 1.69. The van der Waals surface area contributed by atoms with Crippen molar-refractivity contribution in [2.24, 2.45) is 0 Å². The van der Waals surface area contributed by atoms with E-state index in [4.69, 9.17) is 9.47 Å². The lowest BCUT2D eigenvalue weighted by Gasteiger charge is -2.12. The van der Waals surface area contributed by atoms with Crippen molar-refractivity contribution in [1.29, 1.82) is 0 Å². The van der Waals surface area contributed by atoms with Gasteiger partial charge in [0.1, 0.15) is 11.5 Å². The lowest BCUT2D eigenvalue weighted by molar-refractivity contribution is -0.118. The molecule has 3 rings (SSSR count). The predicted molar refractivity (Wildman–Crippen MR) is 106 cm³/mol. The minimum Gasteiger partial charge on any atom is -0.497 e. The van der Waals surface area contributed by atoms with E-state index in [1.54, 1.807) is 7.11 Å². The Bertz CT molecular complexity index is 934. The Morgan fingerprint density at radius 2 is 1.96 bits per heavy atom. The Morgan fingerprint density at radius 3 is 2.65 bits per heavy atom. The second-order valence-electron chi connectivity index (χ2n) is 6.36. The number of methoxy groups -OCH3 is 1. The van der Waals surface area contributed by atoms with Gasteiger partial charge in [-0.25, -0.2) is 4.98 Å². The monoisotopic (exact) mass is 370 g/mol. The number of anilines is 1. The Morgan fingerprint density at radius 1 is 1.19 bits per heavy atom. The Labute approximate surface area is 157 Å². The van der Waals surface area contributed by atoms with Crippen LogP contribution in [-0.4, -0.2) is 24.6 Å². The Kier molecular flexibility index (Phi) is 5.42. The number of aryl methyl sites for hydroxylation is 1. The maximum atomic E-state index is 12.2. The van der Waals surface area contributed by atoms with E-state index in [1.807, 2.05) is 36.4 Å². The molecule has 1 N–H and O–H groups in total. The van der Waals surface area contributed by atoms with Gasteiger partial charge in [0.2, 0.25) is 0 Å².